The molecule has 1 aliphatic rings. The van der Waals surface area contributed by atoms with Gasteiger partial charge in [0, 0.05) is 29.9 Å². The van der Waals surface area contributed by atoms with Crippen LogP contribution in [0.1, 0.15) is 32.1 Å². The van der Waals surface area contributed by atoms with Crippen LogP contribution in [0.25, 0.3) is 0 Å². The molecule has 20 heavy (non-hydrogen) atoms. The smallest absolute Gasteiger partial charge is 0.225 e. The second-order valence-corrected chi connectivity index (χ2v) is 6.97. The minimum absolute atomic E-state index is 0.0449. The lowest BCUT2D eigenvalue weighted by Gasteiger charge is -2.57. The standard InChI is InChI=1S/C15H23NO3S/c1-4-19-12-9-15(18,14(12,2)3)10-16-13(17)8-11-6-5-7-20-11/h5-7,12,18H,4,8-10H2,1-3H3,(H,16,17)/t12-,15+/m0/s1. The third kappa shape index (κ3) is 2.90. The average Bonchev–Trinajstić information content (AvgIpc) is 2.89. The fourth-order valence-electron chi connectivity index (χ4n) is 2.64. The van der Waals surface area contributed by atoms with Crippen molar-refractivity contribution in [1.29, 1.82) is 0 Å². The van der Waals surface area contributed by atoms with Gasteiger partial charge in [-0.1, -0.05) is 19.9 Å². The van der Waals surface area contributed by atoms with Gasteiger partial charge in [-0.2, -0.15) is 0 Å². The predicted molar refractivity (Wildman–Crippen MR) is 79.8 cm³/mol. The highest BCUT2D eigenvalue weighted by Gasteiger charge is 2.59. The van der Waals surface area contributed by atoms with Crippen LogP contribution in [0.2, 0.25) is 0 Å². The number of rotatable bonds is 6. The molecule has 0 unspecified atom stereocenters. The van der Waals surface area contributed by atoms with Gasteiger partial charge in [0.1, 0.15) is 0 Å². The van der Waals surface area contributed by atoms with E-state index in [1.165, 1.54) is 0 Å². The summed E-state index contributed by atoms with van der Waals surface area (Å²) in [4.78, 5) is 12.9. The number of aliphatic hydroxyl groups is 1. The Balaban J connectivity index is 1.83. The normalized spacial score (nSPS) is 27.9. The summed E-state index contributed by atoms with van der Waals surface area (Å²) in [6.07, 6.45) is 1.02. The molecule has 0 radical (unpaired) electrons. The lowest BCUT2D eigenvalue weighted by molar-refractivity contribution is -0.238. The van der Waals surface area contributed by atoms with E-state index in [0.717, 1.165) is 4.88 Å². The minimum Gasteiger partial charge on any atom is -0.387 e. The molecule has 2 rings (SSSR count). The minimum atomic E-state index is -0.877. The monoisotopic (exact) mass is 297 g/mol. The van der Waals surface area contributed by atoms with E-state index in [-0.39, 0.29) is 24.0 Å². The molecule has 1 aromatic rings. The summed E-state index contributed by atoms with van der Waals surface area (Å²) in [6.45, 7) is 6.86. The summed E-state index contributed by atoms with van der Waals surface area (Å²) >= 11 is 1.57. The Kier molecular flexibility index (Phi) is 4.52. The summed E-state index contributed by atoms with van der Waals surface area (Å²) in [6, 6.07) is 3.87. The van der Waals surface area contributed by atoms with Crippen LogP contribution in [0, 0.1) is 5.41 Å². The molecule has 1 aromatic heterocycles. The quantitative estimate of drug-likeness (QED) is 0.844. The van der Waals surface area contributed by atoms with Crippen LogP contribution in [0.4, 0.5) is 0 Å². The molecule has 112 valence electrons. The molecule has 0 spiro atoms. The van der Waals surface area contributed by atoms with E-state index >= 15 is 0 Å². The lowest BCUT2D eigenvalue weighted by atomic mass is 9.56. The Bertz CT molecular complexity index is 458. The maximum Gasteiger partial charge on any atom is 0.225 e. The van der Waals surface area contributed by atoms with Gasteiger partial charge in [0.15, 0.2) is 0 Å². The molecule has 1 amide bonds. The first-order valence-electron chi connectivity index (χ1n) is 7.02. The molecule has 0 saturated heterocycles. The zero-order valence-corrected chi connectivity index (χ0v) is 13.1. The van der Waals surface area contributed by atoms with Crippen LogP contribution in [0.5, 0.6) is 0 Å². The fraction of sp³-hybridized carbons (Fsp3) is 0.667. The number of carbonyl (C=O) groups is 1. The Morgan fingerprint density at radius 1 is 1.60 bits per heavy atom. The Labute approximate surface area is 124 Å². The van der Waals surface area contributed by atoms with Crippen LogP contribution in [-0.4, -0.2) is 35.9 Å². The van der Waals surface area contributed by atoms with Gasteiger partial charge in [-0.3, -0.25) is 4.79 Å². The molecule has 0 bridgehead atoms. The molecule has 5 heteroatoms. The molecular weight excluding hydrogens is 274 g/mol. The van der Waals surface area contributed by atoms with Crippen molar-refractivity contribution in [3.63, 3.8) is 0 Å². The van der Waals surface area contributed by atoms with E-state index in [4.69, 9.17) is 4.74 Å². The number of thiophene rings is 1. The molecule has 1 fully saturated rings. The van der Waals surface area contributed by atoms with E-state index in [1.54, 1.807) is 11.3 Å². The average molecular weight is 297 g/mol. The maximum absolute atomic E-state index is 11.9. The highest BCUT2D eigenvalue weighted by molar-refractivity contribution is 7.10. The van der Waals surface area contributed by atoms with Crippen molar-refractivity contribution in [3.05, 3.63) is 22.4 Å². The van der Waals surface area contributed by atoms with Gasteiger partial charge in [0.25, 0.3) is 0 Å². The second-order valence-electron chi connectivity index (χ2n) is 5.93. The molecule has 1 heterocycles. The summed E-state index contributed by atoms with van der Waals surface area (Å²) in [5, 5.41) is 15.4. The number of amides is 1. The van der Waals surface area contributed by atoms with Crippen molar-refractivity contribution in [2.75, 3.05) is 13.2 Å². The van der Waals surface area contributed by atoms with Crippen molar-refractivity contribution in [2.24, 2.45) is 5.41 Å². The Morgan fingerprint density at radius 3 is 2.90 bits per heavy atom. The maximum atomic E-state index is 11.9. The van der Waals surface area contributed by atoms with E-state index in [9.17, 15) is 9.90 Å². The van der Waals surface area contributed by atoms with Crippen molar-refractivity contribution in [1.82, 2.24) is 5.32 Å². The fourth-order valence-corrected chi connectivity index (χ4v) is 3.34. The topological polar surface area (TPSA) is 58.6 Å². The molecule has 4 nitrogen and oxygen atoms in total. The third-order valence-electron chi connectivity index (χ3n) is 4.39. The Hall–Kier alpha value is -0.910. The highest BCUT2D eigenvalue weighted by atomic mass is 32.1. The zero-order valence-electron chi connectivity index (χ0n) is 12.3. The zero-order chi connectivity index (χ0) is 14.8. The number of carbonyl (C=O) groups excluding carboxylic acids is 1. The van der Waals surface area contributed by atoms with Gasteiger partial charge in [0.2, 0.25) is 5.91 Å². The molecule has 0 aliphatic heterocycles. The molecule has 0 aromatic carbocycles. The van der Waals surface area contributed by atoms with Crippen molar-refractivity contribution < 1.29 is 14.6 Å². The SMILES string of the molecule is CCO[C@H]1C[C@@](O)(CNC(=O)Cc2cccs2)C1(C)C. The second kappa shape index (κ2) is 5.84. The first kappa shape index (κ1) is 15.5. The molecule has 1 aliphatic carbocycles. The molecule has 1 saturated carbocycles. The molecule has 2 atom stereocenters. The van der Waals surface area contributed by atoms with E-state index in [1.807, 2.05) is 38.3 Å². The van der Waals surface area contributed by atoms with Crippen LogP contribution in [-0.2, 0) is 16.0 Å². The molecular formula is C15H23NO3S. The number of hydrogen-bond donors (Lipinski definition) is 2. The van der Waals surface area contributed by atoms with E-state index in [0.29, 0.717) is 19.4 Å². The summed E-state index contributed by atoms with van der Waals surface area (Å²) in [5.41, 5.74) is -1.21. The van der Waals surface area contributed by atoms with Gasteiger partial charge in [-0.15, -0.1) is 11.3 Å². The van der Waals surface area contributed by atoms with E-state index < -0.39 is 5.60 Å². The van der Waals surface area contributed by atoms with Gasteiger partial charge in [0.05, 0.1) is 18.1 Å². The summed E-state index contributed by atoms with van der Waals surface area (Å²) < 4.78 is 5.61. The van der Waals surface area contributed by atoms with Crippen LogP contribution in [0.15, 0.2) is 17.5 Å². The third-order valence-corrected chi connectivity index (χ3v) is 5.26. The van der Waals surface area contributed by atoms with Gasteiger partial charge in [-0.25, -0.2) is 0 Å². The molecule has 2 N–H and O–H groups in total. The van der Waals surface area contributed by atoms with Crippen LogP contribution >= 0.6 is 11.3 Å². The van der Waals surface area contributed by atoms with E-state index in [2.05, 4.69) is 5.32 Å². The lowest BCUT2D eigenvalue weighted by Crippen LogP contribution is -2.68. The number of hydrogen-bond acceptors (Lipinski definition) is 4. The number of nitrogens with one attached hydrogen (secondary N) is 1. The highest BCUT2D eigenvalue weighted by Crippen LogP contribution is 2.50. The van der Waals surface area contributed by atoms with Gasteiger partial charge >= 0.3 is 0 Å². The van der Waals surface area contributed by atoms with Gasteiger partial charge in [-0.05, 0) is 18.4 Å². The summed E-state index contributed by atoms with van der Waals surface area (Å²) in [7, 11) is 0. The van der Waals surface area contributed by atoms with Crippen molar-refractivity contribution in [2.45, 2.75) is 45.3 Å². The largest absolute Gasteiger partial charge is 0.387 e. The van der Waals surface area contributed by atoms with Crippen molar-refractivity contribution >= 4 is 17.2 Å². The first-order chi connectivity index (χ1) is 9.39. The van der Waals surface area contributed by atoms with Gasteiger partial charge < -0.3 is 15.2 Å². The first-order valence-corrected chi connectivity index (χ1v) is 7.90. The van der Waals surface area contributed by atoms with Crippen LogP contribution in [0.3, 0.4) is 0 Å². The predicted octanol–water partition coefficient (Wildman–Crippen LogP) is 1.97. The number of ether oxygens (including phenoxy) is 1. The van der Waals surface area contributed by atoms with Crippen molar-refractivity contribution in [3.8, 4) is 0 Å². The Morgan fingerprint density at radius 2 is 2.35 bits per heavy atom. The van der Waals surface area contributed by atoms with Crippen LogP contribution < -0.4 is 5.32 Å². The summed E-state index contributed by atoms with van der Waals surface area (Å²) in [5.74, 6) is -0.0449.